The van der Waals surface area contributed by atoms with Crippen molar-refractivity contribution in [3.63, 3.8) is 0 Å². The monoisotopic (exact) mass is 364 g/mol. The number of rotatable bonds is 4. The van der Waals surface area contributed by atoms with Crippen molar-refractivity contribution >= 4 is 27.4 Å². The fraction of sp³-hybridized carbons (Fsp3) is 0.150. The molecule has 2 aromatic carbocycles. The molecule has 0 aliphatic rings. The molecule has 0 aliphatic carbocycles. The summed E-state index contributed by atoms with van der Waals surface area (Å²) in [5.41, 5.74) is 1.75. The van der Waals surface area contributed by atoms with Crippen LogP contribution in [0.15, 0.2) is 59.0 Å². The minimum absolute atomic E-state index is 0.274. The third kappa shape index (κ3) is 2.99. The highest BCUT2D eigenvalue weighted by atomic mass is 32.1. The summed E-state index contributed by atoms with van der Waals surface area (Å²) in [6.07, 6.45) is -0.628. The van der Waals surface area contributed by atoms with Gasteiger partial charge in [0.2, 0.25) is 5.89 Å². The first-order valence-corrected chi connectivity index (χ1v) is 9.03. The van der Waals surface area contributed by atoms with E-state index in [4.69, 9.17) is 9.15 Å². The predicted molar refractivity (Wildman–Crippen MR) is 100 cm³/mol. The summed E-state index contributed by atoms with van der Waals surface area (Å²) in [4.78, 5) is 13.2. The molecule has 0 aliphatic heterocycles. The quantitative estimate of drug-likeness (QED) is 0.467. The van der Waals surface area contributed by atoms with Crippen LogP contribution < -0.4 is 0 Å². The van der Waals surface area contributed by atoms with Crippen molar-refractivity contribution in [2.45, 2.75) is 20.0 Å². The standard InChI is InChI=1S/C20H16N2O3S/c1-12-15-10-6-7-11-16(15)26-17(12)20(23)24-13(2)18-21-22-19(25-18)14-8-4-3-5-9-14/h3-11,13H,1-2H3/t13-/m0/s1. The number of aromatic nitrogens is 2. The van der Waals surface area contributed by atoms with Gasteiger partial charge in [-0.2, -0.15) is 0 Å². The molecule has 0 spiro atoms. The van der Waals surface area contributed by atoms with Crippen LogP contribution in [-0.2, 0) is 4.74 Å². The maximum absolute atomic E-state index is 12.6. The maximum Gasteiger partial charge on any atom is 0.349 e. The molecule has 0 N–H and O–H groups in total. The molecule has 0 fully saturated rings. The van der Waals surface area contributed by atoms with Crippen LogP contribution >= 0.6 is 11.3 Å². The highest BCUT2D eigenvalue weighted by Crippen LogP contribution is 2.32. The SMILES string of the molecule is Cc1c(C(=O)O[C@@H](C)c2nnc(-c3ccccc3)o2)sc2ccccc12. The molecule has 2 aromatic heterocycles. The Labute approximate surface area is 154 Å². The number of fused-ring (bicyclic) bond motifs is 1. The van der Waals surface area contributed by atoms with Crippen LogP contribution in [0.1, 0.15) is 34.2 Å². The van der Waals surface area contributed by atoms with Gasteiger partial charge in [0.15, 0.2) is 6.10 Å². The highest BCUT2D eigenvalue weighted by molar-refractivity contribution is 7.21. The molecule has 0 saturated carbocycles. The number of aryl methyl sites for hydroxylation is 1. The molecule has 0 amide bonds. The fourth-order valence-corrected chi connectivity index (χ4v) is 3.82. The van der Waals surface area contributed by atoms with Crippen molar-refractivity contribution < 1.29 is 13.9 Å². The Bertz CT molecular complexity index is 1070. The largest absolute Gasteiger partial charge is 0.448 e. The number of nitrogens with zero attached hydrogens (tertiary/aromatic N) is 2. The van der Waals surface area contributed by atoms with Gasteiger partial charge in [-0.3, -0.25) is 0 Å². The number of esters is 1. The number of hydrogen-bond donors (Lipinski definition) is 0. The molecule has 26 heavy (non-hydrogen) atoms. The highest BCUT2D eigenvalue weighted by Gasteiger charge is 2.23. The minimum atomic E-state index is -0.628. The summed E-state index contributed by atoms with van der Waals surface area (Å²) >= 11 is 1.43. The summed E-state index contributed by atoms with van der Waals surface area (Å²) < 4.78 is 12.3. The van der Waals surface area contributed by atoms with Gasteiger partial charge in [-0.25, -0.2) is 4.79 Å². The molecule has 130 valence electrons. The van der Waals surface area contributed by atoms with E-state index in [9.17, 15) is 4.79 Å². The Morgan fingerprint density at radius 3 is 2.58 bits per heavy atom. The van der Waals surface area contributed by atoms with E-state index in [-0.39, 0.29) is 11.9 Å². The first-order valence-electron chi connectivity index (χ1n) is 8.21. The maximum atomic E-state index is 12.6. The van der Waals surface area contributed by atoms with Crippen molar-refractivity contribution in [2.24, 2.45) is 0 Å². The number of carbonyl (C=O) groups excluding carboxylic acids is 1. The molecule has 1 atom stereocenters. The zero-order valence-corrected chi connectivity index (χ0v) is 15.1. The molecule has 2 heterocycles. The lowest BCUT2D eigenvalue weighted by atomic mass is 10.1. The summed E-state index contributed by atoms with van der Waals surface area (Å²) in [5, 5.41) is 9.12. The van der Waals surface area contributed by atoms with Gasteiger partial charge in [-0.05, 0) is 43.0 Å². The molecule has 0 bridgehead atoms. The van der Waals surface area contributed by atoms with Gasteiger partial charge < -0.3 is 9.15 Å². The summed E-state index contributed by atoms with van der Waals surface area (Å²) in [6.45, 7) is 3.66. The van der Waals surface area contributed by atoms with Crippen LogP contribution in [0.4, 0.5) is 0 Å². The number of thiophene rings is 1. The molecule has 0 radical (unpaired) electrons. The van der Waals surface area contributed by atoms with Crippen molar-refractivity contribution in [1.29, 1.82) is 0 Å². The first kappa shape index (κ1) is 16.5. The Kier molecular flexibility index (Phi) is 4.26. The second kappa shape index (κ2) is 6.72. The van der Waals surface area contributed by atoms with E-state index in [1.807, 2.05) is 61.5 Å². The van der Waals surface area contributed by atoms with Crippen LogP contribution in [0.2, 0.25) is 0 Å². The van der Waals surface area contributed by atoms with E-state index in [0.717, 1.165) is 21.2 Å². The zero-order chi connectivity index (χ0) is 18.1. The number of hydrogen-bond acceptors (Lipinski definition) is 6. The van der Waals surface area contributed by atoms with Gasteiger partial charge in [-0.1, -0.05) is 36.4 Å². The smallest absolute Gasteiger partial charge is 0.349 e. The molecular formula is C20H16N2O3S. The van der Waals surface area contributed by atoms with Crippen molar-refractivity contribution in [3.8, 4) is 11.5 Å². The van der Waals surface area contributed by atoms with E-state index in [0.29, 0.717) is 10.8 Å². The van der Waals surface area contributed by atoms with Crippen molar-refractivity contribution in [1.82, 2.24) is 10.2 Å². The molecule has 4 aromatic rings. The lowest BCUT2D eigenvalue weighted by Gasteiger charge is -2.08. The predicted octanol–water partition coefficient (Wildman–Crippen LogP) is 5.18. The first-order chi connectivity index (χ1) is 12.6. The zero-order valence-electron chi connectivity index (χ0n) is 14.3. The van der Waals surface area contributed by atoms with Crippen LogP contribution in [-0.4, -0.2) is 16.2 Å². The van der Waals surface area contributed by atoms with Gasteiger partial charge in [0, 0.05) is 10.3 Å². The average Bonchev–Trinajstić information content (AvgIpc) is 3.28. The van der Waals surface area contributed by atoms with Gasteiger partial charge in [0.1, 0.15) is 4.88 Å². The van der Waals surface area contributed by atoms with Crippen LogP contribution in [0.3, 0.4) is 0 Å². The third-order valence-corrected chi connectivity index (χ3v) is 5.37. The fourth-order valence-electron chi connectivity index (χ4n) is 2.73. The summed E-state index contributed by atoms with van der Waals surface area (Å²) in [6, 6.07) is 17.4. The molecule has 4 rings (SSSR count). The van der Waals surface area contributed by atoms with Crippen LogP contribution in [0.25, 0.3) is 21.5 Å². The van der Waals surface area contributed by atoms with Crippen LogP contribution in [0, 0.1) is 6.92 Å². The number of carbonyl (C=O) groups is 1. The van der Waals surface area contributed by atoms with E-state index in [1.165, 1.54) is 11.3 Å². The summed E-state index contributed by atoms with van der Waals surface area (Å²) in [7, 11) is 0. The van der Waals surface area contributed by atoms with E-state index in [1.54, 1.807) is 6.92 Å². The summed E-state index contributed by atoms with van der Waals surface area (Å²) in [5.74, 6) is 0.299. The average molecular weight is 364 g/mol. The van der Waals surface area contributed by atoms with E-state index in [2.05, 4.69) is 10.2 Å². The van der Waals surface area contributed by atoms with E-state index < -0.39 is 6.10 Å². The second-order valence-electron chi connectivity index (χ2n) is 5.91. The number of benzene rings is 2. The minimum Gasteiger partial charge on any atom is -0.448 e. The second-order valence-corrected chi connectivity index (χ2v) is 6.96. The Morgan fingerprint density at radius 1 is 1.08 bits per heavy atom. The van der Waals surface area contributed by atoms with Gasteiger partial charge >= 0.3 is 5.97 Å². The number of ether oxygens (including phenoxy) is 1. The van der Waals surface area contributed by atoms with Gasteiger partial charge in [0.05, 0.1) is 0 Å². The normalized spacial score (nSPS) is 12.2. The van der Waals surface area contributed by atoms with E-state index >= 15 is 0 Å². The topological polar surface area (TPSA) is 65.2 Å². The van der Waals surface area contributed by atoms with Gasteiger partial charge in [0.25, 0.3) is 5.89 Å². The molecule has 0 unspecified atom stereocenters. The lowest BCUT2D eigenvalue weighted by molar-refractivity contribution is 0.0285. The Morgan fingerprint density at radius 2 is 1.81 bits per heavy atom. The third-order valence-electron chi connectivity index (χ3n) is 4.12. The van der Waals surface area contributed by atoms with Gasteiger partial charge in [-0.15, -0.1) is 21.5 Å². The van der Waals surface area contributed by atoms with Crippen LogP contribution in [0.5, 0.6) is 0 Å². The molecule has 0 saturated heterocycles. The Hall–Kier alpha value is -2.99. The van der Waals surface area contributed by atoms with Crippen molar-refractivity contribution in [2.75, 3.05) is 0 Å². The lowest BCUT2D eigenvalue weighted by Crippen LogP contribution is -2.09. The molecule has 6 heteroatoms. The Balaban J connectivity index is 1.54. The van der Waals surface area contributed by atoms with Crippen molar-refractivity contribution in [3.05, 3.63) is 70.9 Å². The molecular weight excluding hydrogens is 348 g/mol. The molecule has 5 nitrogen and oxygen atoms in total.